The lowest BCUT2D eigenvalue weighted by atomic mass is 9.97. The number of aromatic nitrogens is 3. The van der Waals surface area contributed by atoms with Crippen molar-refractivity contribution in [2.75, 3.05) is 0 Å². The molecule has 0 fully saturated rings. The summed E-state index contributed by atoms with van der Waals surface area (Å²) in [7, 11) is 0. The fourth-order valence-electron chi connectivity index (χ4n) is 3.15. The van der Waals surface area contributed by atoms with Gasteiger partial charge in [-0.25, -0.2) is 4.98 Å². The first kappa shape index (κ1) is 13.7. The average molecular weight is 356 g/mol. The minimum Gasteiger partial charge on any atom is -0.388 e. The lowest BCUT2D eigenvalue weighted by Crippen LogP contribution is -2.11. The predicted molar refractivity (Wildman–Crippen MR) is 87.3 cm³/mol. The molecule has 1 aromatic carbocycles. The van der Waals surface area contributed by atoms with E-state index in [1.54, 1.807) is 6.20 Å². The first-order valence-electron chi connectivity index (χ1n) is 7.14. The molecule has 22 heavy (non-hydrogen) atoms. The molecular formula is C17H14BrN3O. The summed E-state index contributed by atoms with van der Waals surface area (Å²) in [5.74, 6) is 0. The van der Waals surface area contributed by atoms with Crippen LogP contribution in [0.2, 0.25) is 0 Å². The van der Waals surface area contributed by atoms with E-state index in [9.17, 15) is 5.11 Å². The first-order chi connectivity index (χ1) is 10.8. The SMILES string of the molecule is OC(CC1c2ccncc2-c2cncn21)c1ccccc1Br. The minimum atomic E-state index is -0.546. The van der Waals surface area contributed by atoms with Gasteiger partial charge in [0.15, 0.2) is 0 Å². The van der Waals surface area contributed by atoms with Gasteiger partial charge in [0.2, 0.25) is 0 Å². The molecule has 0 saturated carbocycles. The maximum absolute atomic E-state index is 10.7. The Kier molecular flexibility index (Phi) is 3.32. The lowest BCUT2D eigenvalue weighted by Gasteiger charge is -2.20. The number of imidazole rings is 1. The third-order valence-electron chi connectivity index (χ3n) is 4.20. The number of hydrogen-bond donors (Lipinski definition) is 1. The van der Waals surface area contributed by atoms with E-state index in [0.717, 1.165) is 21.3 Å². The van der Waals surface area contributed by atoms with Crippen LogP contribution in [-0.4, -0.2) is 19.6 Å². The molecule has 1 aliphatic heterocycles. The van der Waals surface area contributed by atoms with Crippen molar-refractivity contribution in [1.29, 1.82) is 0 Å². The number of aliphatic hydroxyl groups is 1. The van der Waals surface area contributed by atoms with E-state index in [-0.39, 0.29) is 6.04 Å². The van der Waals surface area contributed by atoms with Crippen LogP contribution < -0.4 is 0 Å². The second kappa shape index (κ2) is 5.34. The van der Waals surface area contributed by atoms with Crippen molar-refractivity contribution in [3.05, 3.63) is 70.8 Å². The zero-order chi connectivity index (χ0) is 15.1. The van der Waals surface area contributed by atoms with E-state index in [0.29, 0.717) is 6.42 Å². The number of rotatable bonds is 3. The number of hydrogen-bond acceptors (Lipinski definition) is 3. The Bertz CT molecular complexity index is 830. The van der Waals surface area contributed by atoms with Crippen molar-refractivity contribution in [1.82, 2.24) is 14.5 Å². The third kappa shape index (κ3) is 2.09. The van der Waals surface area contributed by atoms with Gasteiger partial charge in [0.1, 0.15) is 0 Å². The highest BCUT2D eigenvalue weighted by atomic mass is 79.9. The van der Waals surface area contributed by atoms with Gasteiger partial charge in [0, 0.05) is 28.9 Å². The molecule has 3 aromatic rings. The molecule has 1 N–H and O–H groups in total. The van der Waals surface area contributed by atoms with Crippen LogP contribution in [0.25, 0.3) is 11.3 Å². The van der Waals surface area contributed by atoms with Crippen molar-refractivity contribution in [3.8, 4) is 11.3 Å². The molecule has 2 aromatic heterocycles. The minimum absolute atomic E-state index is 0.0811. The highest BCUT2D eigenvalue weighted by Gasteiger charge is 2.30. The van der Waals surface area contributed by atoms with Crippen LogP contribution in [0, 0.1) is 0 Å². The molecule has 0 amide bonds. The third-order valence-corrected chi connectivity index (χ3v) is 4.92. The molecule has 110 valence electrons. The summed E-state index contributed by atoms with van der Waals surface area (Å²) in [6.45, 7) is 0. The zero-order valence-electron chi connectivity index (χ0n) is 11.7. The molecule has 4 rings (SSSR count). The maximum atomic E-state index is 10.7. The summed E-state index contributed by atoms with van der Waals surface area (Å²) in [5, 5.41) is 10.7. The first-order valence-corrected chi connectivity index (χ1v) is 7.93. The number of halogens is 1. The van der Waals surface area contributed by atoms with Gasteiger partial charge in [-0.05, 0) is 23.3 Å². The van der Waals surface area contributed by atoms with Crippen LogP contribution in [0.3, 0.4) is 0 Å². The summed E-state index contributed by atoms with van der Waals surface area (Å²) in [6, 6.07) is 9.90. The highest BCUT2D eigenvalue weighted by Crippen LogP contribution is 2.43. The van der Waals surface area contributed by atoms with E-state index in [2.05, 4.69) is 30.5 Å². The Morgan fingerprint density at radius 3 is 2.91 bits per heavy atom. The molecule has 1 aliphatic rings. The molecule has 0 radical (unpaired) electrons. The predicted octanol–water partition coefficient (Wildman–Crippen LogP) is 3.73. The smallest absolute Gasteiger partial charge is 0.0956 e. The maximum Gasteiger partial charge on any atom is 0.0956 e. The molecule has 3 heterocycles. The molecule has 0 bridgehead atoms. The number of benzene rings is 1. The van der Waals surface area contributed by atoms with Crippen LogP contribution in [0.15, 0.2) is 59.7 Å². The van der Waals surface area contributed by atoms with Gasteiger partial charge in [-0.1, -0.05) is 34.1 Å². The van der Waals surface area contributed by atoms with Crippen molar-refractivity contribution in [3.63, 3.8) is 0 Å². The van der Waals surface area contributed by atoms with Crippen LogP contribution in [0.1, 0.15) is 29.7 Å². The van der Waals surface area contributed by atoms with Gasteiger partial charge in [-0.15, -0.1) is 0 Å². The number of aliphatic hydroxyl groups excluding tert-OH is 1. The molecule has 2 unspecified atom stereocenters. The van der Waals surface area contributed by atoms with Gasteiger partial charge in [-0.3, -0.25) is 4.98 Å². The van der Waals surface area contributed by atoms with Crippen LogP contribution in [-0.2, 0) is 0 Å². The fraction of sp³-hybridized carbons (Fsp3) is 0.176. The van der Waals surface area contributed by atoms with Gasteiger partial charge in [0.05, 0.1) is 30.4 Å². The normalized spacial score (nSPS) is 17.1. The standard InChI is InChI=1S/C17H14BrN3O/c18-14-4-2-1-3-12(14)17(22)7-15-11-5-6-19-8-13(11)16-9-20-10-21(15)16/h1-6,8-10,15,17,22H,7H2. The van der Waals surface area contributed by atoms with E-state index in [1.165, 1.54) is 5.56 Å². The number of pyridine rings is 1. The van der Waals surface area contributed by atoms with E-state index >= 15 is 0 Å². The van der Waals surface area contributed by atoms with Crippen molar-refractivity contribution in [2.24, 2.45) is 0 Å². The fourth-order valence-corrected chi connectivity index (χ4v) is 3.69. The Hall–Kier alpha value is -1.98. The molecule has 2 atom stereocenters. The lowest BCUT2D eigenvalue weighted by molar-refractivity contribution is 0.153. The summed E-state index contributed by atoms with van der Waals surface area (Å²) in [5.41, 5.74) is 4.27. The summed E-state index contributed by atoms with van der Waals surface area (Å²) in [4.78, 5) is 8.44. The van der Waals surface area contributed by atoms with Crippen LogP contribution in [0.4, 0.5) is 0 Å². The quantitative estimate of drug-likeness (QED) is 0.778. The molecular weight excluding hydrogens is 342 g/mol. The van der Waals surface area contributed by atoms with Gasteiger partial charge < -0.3 is 9.67 Å². The molecule has 5 heteroatoms. The summed E-state index contributed by atoms with van der Waals surface area (Å²) in [6.07, 6.45) is 7.40. The zero-order valence-corrected chi connectivity index (χ0v) is 13.3. The van der Waals surface area contributed by atoms with Crippen LogP contribution in [0.5, 0.6) is 0 Å². The second-order valence-corrected chi connectivity index (χ2v) is 6.29. The van der Waals surface area contributed by atoms with Crippen molar-refractivity contribution >= 4 is 15.9 Å². The molecule has 0 aliphatic carbocycles. The van der Waals surface area contributed by atoms with E-state index in [4.69, 9.17) is 0 Å². The van der Waals surface area contributed by atoms with Crippen molar-refractivity contribution < 1.29 is 5.11 Å². The van der Waals surface area contributed by atoms with Gasteiger partial charge in [0.25, 0.3) is 0 Å². The highest BCUT2D eigenvalue weighted by molar-refractivity contribution is 9.10. The van der Waals surface area contributed by atoms with Gasteiger partial charge in [-0.2, -0.15) is 0 Å². The monoisotopic (exact) mass is 355 g/mol. The van der Waals surface area contributed by atoms with Crippen LogP contribution >= 0.6 is 15.9 Å². The Labute approximate surface area is 136 Å². The number of nitrogens with zero attached hydrogens (tertiary/aromatic N) is 3. The van der Waals surface area contributed by atoms with Crippen molar-refractivity contribution in [2.45, 2.75) is 18.6 Å². The summed E-state index contributed by atoms with van der Waals surface area (Å²) < 4.78 is 3.05. The second-order valence-electron chi connectivity index (χ2n) is 5.44. The molecule has 4 nitrogen and oxygen atoms in total. The Balaban J connectivity index is 1.71. The molecule has 0 spiro atoms. The number of fused-ring (bicyclic) bond motifs is 3. The largest absolute Gasteiger partial charge is 0.388 e. The average Bonchev–Trinajstić information content (AvgIpc) is 3.11. The Morgan fingerprint density at radius 1 is 1.18 bits per heavy atom. The Morgan fingerprint density at radius 2 is 2.05 bits per heavy atom. The van der Waals surface area contributed by atoms with Gasteiger partial charge >= 0.3 is 0 Å². The van der Waals surface area contributed by atoms with E-state index < -0.39 is 6.10 Å². The van der Waals surface area contributed by atoms with E-state index in [1.807, 2.05) is 49.1 Å². The summed E-state index contributed by atoms with van der Waals surface area (Å²) >= 11 is 3.51. The topological polar surface area (TPSA) is 50.9 Å². The molecule has 0 saturated heterocycles.